The quantitative estimate of drug-likeness (QED) is 0.385. The van der Waals surface area contributed by atoms with Crippen molar-refractivity contribution in [1.82, 2.24) is 24.3 Å². The maximum Gasteiger partial charge on any atom is 0.293 e. The van der Waals surface area contributed by atoms with Gasteiger partial charge in [0, 0.05) is 37.1 Å². The molecule has 1 N–H and O–H groups in total. The number of hydrogen-bond acceptors (Lipinski definition) is 7. The lowest BCUT2D eigenvalue weighted by Crippen LogP contribution is -2.11. The summed E-state index contributed by atoms with van der Waals surface area (Å²) in [6.07, 6.45) is 7.02. The molecule has 2 aromatic heterocycles. The van der Waals surface area contributed by atoms with Gasteiger partial charge >= 0.3 is 0 Å². The minimum absolute atomic E-state index is 0.174. The number of benzene rings is 1. The van der Waals surface area contributed by atoms with Crippen molar-refractivity contribution in [2.45, 2.75) is 25.4 Å². The summed E-state index contributed by atoms with van der Waals surface area (Å²) in [4.78, 5) is 27.5. The highest BCUT2D eigenvalue weighted by Gasteiger charge is 2.26. The number of ketones is 1. The number of carbonyl (C=O) groups excluding carboxylic acids is 1. The summed E-state index contributed by atoms with van der Waals surface area (Å²) in [6, 6.07) is 4.78. The van der Waals surface area contributed by atoms with Crippen LogP contribution in [0.1, 0.15) is 40.9 Å². The second-order valence-corrected chi connectivity index (χ2v) is 6.42. The van der Waals surface area contributed by atoms with Crippen molar-refractivity contribution >= 4 is 17.2 Å². The fourth-order valence-electron chi connectivity index (χ4n) is 2.91. The van der Waals surface area contributed by atoms with E-state index in [1.807, 2.05) is 4.57 Å². The fraction of sp³-hybridized carbons (Fsp3) is 0.294. The van der Waals surface area contributed by atoms with Gasteiger partial charge in [-0.25, -0.2) is 4.98 Å². The average Bonchev–Trinajstić information content (AvgIpc) is 3.24. The van der Waals surface area contributed by atoms with E-state index in [2.05, 4.69) is 20.5 Å². The van der Waals surface area contributed by atoms with Gasteiger partial charge in [0.2, 0.25) is 5.78 Å². The van der Waals surface area contributed by atoms with Crippen LogP contribution < -0.4 is 5.32 Å². The third-order valence-corrected chi connectivity index (χ3v) is 4.51. The van der Waals surface area contributed by atoms with E-state index in [9.17, 15) is 14.9 Å². The number of nitrogens with one attached hydrogen (secondary N) is 1. The highest BCUT2D eigenvalue weighted by atomic mass is 16.6. The first-order valence-electron chi connectivity index (χ1n) is 8.47. The number of nitro groups is 1. The number of nitrogens with zero attached hydrogens (tertiary/aromatic N) is 6. The summed E-state index contributed by atoms with van der Waals surface area (Å²) in [7, 11) is 1.70. The van der Waals surface area contributed by atoms with Crippen molar-refractivity contribution in [1.29, 1.82) is 0 Å². The molecule has 1 aromatic carbocycles. The second-order valence-electron chi connectivity index (χ2n) is 6.42. The largest absolute Gasteiger partial charge is 0.372 e. The van der Waals surface area contributed by atoms with Gasteiger partial charge in [-0.15, -0.1) is 10.2 Å². The highest BCUT2D eigenvalue weighted by Crippen LogP contribution is 2.35. The van der Waals surface area contributed by atoms with Gasteiger partial charge in [0.25, 0.3) is 5.69 Å². The molecule has 0 unspecified atom stereocenters. The van der Waals surface area contributed by atoms with Crippen LogP contribution in [0.2, 0.25) is 0 Å². The SMILES string of the molecule is Cn1ccnc1C(=O)c1ccc(NCc2nncn2C2CC2)c([N+](=O)[O-])c1. The number of rotatable bonds is 7. The number of hydrogen-bond donors (Lipinski definition) is 1. The molecular formula is C17H17N7O3. The van der Waals surface area contributed by atoms with E-state index < -0.39 is 4.92 Å². The Morgan fingerprint density at radius 2 is 2.22 bits per heavy atom. The maximum atomic E-state index is 12.5. The van der Waals surface area contributed by atoms with Gasteiger partial charge in [-0.3, -0.25) is 14.9 Å². The van der Waals surface area contributed by atoms with E-state index in [0.29, 0.717) is 18.3 Å². The first-order valence-corrected chi connectivity index (χ1v) is 8.47. The monoisotopic (exact) mass is 367 g/mol. The van der Waals surface area contributed by atoms with Crippen molar-refractivity contribution in [3.05, 3.63) is 64.2 Å². The van der Waals surface area contributed by atoms with Crippen molar-refractivity contribution < 1.29 is 9.72 Å². The smallest absolute Gasteiger partial charge is 0.293 e. The molecule has 0 aliphatic heterocycles. The van der Waals surface area contributed by atoms with E-state index in [1.165, 1.54) is 18.3 Å². The van der Waals surface area contributed by atoms with Crippen LogP contribution in [0.4, 0.5) is 11.4 Å². The number of nitro benzene ring substituents is 1. The summed E-state index contributed by atoms with van der Waals surface area (Å²) >= 11 is 0. The lowest BCUT2D eigenvalue weighted by Gasteiger charge is -2.09. The van der Waals surface area contributed by atoms with Crippen molar-refractivity contribution in [2.75, 3.05) is 5.32 Å². The summed E-state index contributed by atoms with van der Waals surface area (Å²) in [5.74, 6) is 0.577. The lowest BCUT2D eigenvalue weighted by molar-refractivity contribution is -0.384. The van der Waals surface area contributed by atoms with E-state index >= 15 is 0 Å². The molecule has 10 heteroatoms. The molecular weight excluding hydrogens is 350 g/mol. The fourth-order valence-corrected chi connectivity index (χ4v) is 2.91. The molecule has 0 saturated heterocycles. The van der Waals surface area contributed by atoms with Gasteiger partial charge < -0.3 is 14.5 Å². The molecule has 0 atom stereocenters. The van der Waals surface area contributed by atoms with E-state index in [-0.39, 0.29) is 22.9 Å². The molecule has 4 rings (SSSR count). The lowest BCUT2D eigenvalue weighted by atomic mass is 10.1. The van der Waals surface area contributed by atoms with Gasteiger partial charge in [0.05, 0.1) is 11.5 Å². The number of carbonyl (C=O) groups is 1. The molecule has 0 bridgehead atoms. The predicted octanol–water partition coefficient (Wildman–Crippen LogP) is 2.10. The minimum atomic E-state index is -0.511. The van der Waals surface area contributed by atoms with Gasteiger partial charge in [-0.1, -0.05) is 0 Å². The van der Waals surface area contributed by atoms with E-state index in [4.69, 9.17) is 0 Å². The van der Waals surface area contributed by atoms with Gasteiger partial charge in [0.15, 0.2) is 11.6 Å². The topological polar surface area (TPSA) is 121 Å². The predicted molar refractivity (Wildman–Crippen MR) is 95.4 cm³/mol. The summed E-state index contributed by atoms with van der Waals surface area (Å²) in [5.41, 5.74) is 0.358. The van der Waals surface area contributed by atoms with E-state index in [0.717, 1.165) is 18.7 Å². The Bertz CT molecular complexity index is 1020. The van der Waals surface area contributed by atoms with Gasteiger partial charge in [0.1, 0.15) is 12.0 Å². The van der Waals surface area contributed by atoms with Crippen LogP contribution in [0.15, 0.2) is 36.9 Å². The minimum Gasteiger partial charge on any atom is -0.372 e. The molecule has 10 nitrogen and oxygen atoms in total. The molecule has 3 aromatic rings. The van der Waals surface area contributed by atoms with Gasteiger partial charge in [-0.2, -0.15) is 0 Å². The molecule has 1 saturated carbocycles. The molecule has 0 spiro atoms. The first kappa shape index (κ1) is 16.9. The maximum absolute atomic E-state index is 12.5. The Balaban J connectivity index is 1.58. The number of imidazole rings is 1. The summed E-state index contributed by atoms with van der Waals surface area (Å²) in [6.45, 7) is 0.310. The van der Waals surface area contributed by atoms with E-state index in [1.54, 1.807) is 30.2 Å². The summed E-state index contributed by atoms with van der Waals surface area (Å²) in [5, 5.41) is 22.5. The Kier molecular flexibility index (Phi) is 4.15. The highest BCUT2D eigenvalue weighted by molar-refractivity contribution is 6.07. The van der Waals surface area contributed by atoms with Crippen LogP contribution in [0, 0.1) is 10.1 Å². The Hall–Kier alpha value is -3.56. The first-order chi connectivity index (χ1) is 13.0. The van der Waals surface area contributed by atoms with Crippen LogP contribution in [0.25, 0.3) is 0 Å². The van der Waals surface area contributed by atoms with Crippen molar-refractivity contribution in [3.63, 3.8) is 0 Å². The Morgan fingerprint density at radius 1 is 1.41 bits per heavy atom. The van der Waals surface area contributed by atoms with Crippen LogP contribution in [0.3, 0.4) is 0 Å². The molecule has 1 aliphatic carbocycles. The third kappa shape index (κ3) is 3.28. The zero-order valence-corrected chi connectivity index (χ0v) is 14.6. The van der Waals surface area contributed by atoms with Crippen LogP contribution in [0.5, 0.6) is 0 Å². The normalized spacial score (nSPS) is 13.5. The molecule has 0 radical (unpaired) electrons. The number of anilines is 1. The van der Waals surface area contributed by atoms with Crippen molar-refractivity contribution in [3.8, 4) is 0 Å². The van der Waals surface area contributed by atoms with Gasteiger partial charge in [-0.05, 0) is 25.0 Å². The van der Waals surface area contributed by atoms with Crippen LogP contribution >= 0.6 is 0 Å². The van der Waals surface area contributed by atoms with Crippen LogP contribution in [-0.2, 0) is 13.6 Å². The molecule has 27 heavy (non-hydrogen) atoms. The molecule has 2 heterocycles. The summed E-state index contributed by atoms with van der Waals surface area (Å²) < 4.78 is 3.56. The second kappa shape index (κ2) is 6.63. The third-order valence-electron chi connectivity index (χ3n) is 4.51. The standard InChI is InChI=1S/C17H17N7O3/c1-22-7-6-18-17(22)16(25)11-2-5-13(14(8-11)24(26)27)19-9-15-21-20-10-23(15)12-3-4-12/h2,5-8,10,12,19H,3-4,9H2,1H3. The van der Waals surface area contributed by atoms with Crippen molar-refractivity contribution in [2.24, 2.45) is 7.05 Å². The number of aromatic nitrogens is 5. The Morgan fingerprint density at radius 3 is 2.89 bits per heavy atom. The zero-order valence-electron chi connectivity index (χ0n) is 14.6. The Labute approximate surface area is 154 Å². The molecule has 1 fully saturated rings. The molecule has 0 amide bonds. The number of aryl methyl sites for hydroxylation is 1. The molecule has 1 aliphatic rings. The van der Waals surface area contributed by atoms with Crippen LogP contribution in [-0.4, -0.2) is 35.0 Å². The zero-order chi connectivity index (χ0) is 19.0. The molecule has 138 valence electrons. The average molecular weight is 367 g/mol.